The molecule has 0 saturated carbocycles. The van der Waals surface area contributed by atoms with Crippen LogP contribution in [0, 0.1) is 6.92 Å². The van der Waals surface area contributed by atoms with E-state index in [0.717, 1.165) is 12.1 Å². The van der Waals surface area contributed by atoms with Crippen LogP contribution in [0.2, 0.25) is 0 Å². The van der Waals surface area contributed by atoms with Crippen molar-refractivity contribution in [3.05, 3.63) is 29.6 Å². The molecule has 0 aliphatic heterocycles. The molecule has 1 aromatic heterocycles. The van der Waals surface area contributed by atoms with Crippen molar-refractivity contribution in [3.63, 3.8) is 0 Å². The predicted molar refractivity (Wildman–Crippen MR) is 59.9 cm³/mol. The SMILES string of the molecule is Cc1ccncc1C(=O)NCCN(C)C. The lowest BCUT2D eigenvalue weighted by atomic mass is 10.1. The highest BCUT2D eigenvalue weighted by Gasteiger charge is 2.07. The van der Waals surface area contributed by atoms with Crippen LogP contribution in [-0.4, -0.2) is 43.0 Å². The first-order valence-electron chi connectivity index (χ1n) is 4.95. The van der Waals surface area contributed by atoms with Crippen LogP contribution in [0.5, 0.6) is 0 Å². The summed E-state index contributed by atoms with van der Waals surface area (Å²) in [4.78, 5) is 17.6. The Morgan fingerprint density at radius 2 is 2.27 bits per heavy atom. The smallest absolute Gasteiger partial charge is 0.253 e. The molecule has 0 fully saturated rings. The molecule has 1 amide bonds. The van der Waals surface area contributed by atoms with Crippen molar-refractivity contribution in [1.82, 2.24) is 15.2 Å². The summed E-state index contributed by atoms with van der Waals surface area (Å²) < 4.78 is 0. The fraction of sp³-hybridized carbons (Fsp3) is 0.455. The summed E-state index contributed by atoms with van der Waals surface area (Å²) in [6.07, 6.45) is 3.28. The van der Waals surface area contributed by atoms with Crippen molar-refractivity contribution in [3.8, 4) is 0 Å². The Morgan fingerprint density at radius 3 is 2.87 bits per heavy atom. The van der Waals surface area contributed by atoms with E-state index in [-0.39, 0.29) is 5.91 Å². The maximum absolute atomic E-state index is 11.7. The van der Waals surface area contributed by atoms with Crippen LogP contribution in [0.3, 0.4) is 0 Å². The number of carbonyl (C=O) groups excluding carboxylic acids is 1. The molecule has 0 saturated heterocycles. The van der Waals surface area contributed by atoms with Gasteiger partial charge in [-0.3, -0.25) is 9.78 Å². The minimum absolute atomic E-state index is 0.0533. The molecule has 0 aliphatic rings. The van der Waals surface area contributed by atoms with Gasteiger partial charge < -0.3 is 10.2 Å². The van der Waals surface area contributed by atoms with Crippen molar-refractivity contribution in [1.29, 1.82) is 0 Å². The summed E-state index contributed by atoms with van der Waals surface area (Å²) >= 11 is 0. The molecule has 1 aromatic rings. The maximum atomic E-state index is 11.7. The van der Waals surface area contributed by atoms with E-state index in [4.69, 9.17) is 0 Å². The van der Waals surface area contributed by atoms with E-state index in [1.54, 1.807) is 12.4 Å². The molecule has 0 aliphatic carbocycles. The molecule has 1 heterocycles. The monoisotopic (exact) mass is 207 g/mol. The number of carbonyl (C=O) groups is 1. The fourth-order valence-electron chi connectivity index (χ4n) is 1.19. The number of rotatable bonds is 4. The number of aromatic nitrogens is 1. The number of nitrogens with one attached hydrogen (secondary N) is 1. The third-order valence-electron chi connectivity index (χ3n) is 2.13. The lowest BCUT2D eigenvalue weighted by Gasteiger charge is -2.10. The number of amides is 1. The molecule has 0 spiro atoms. The van der Waals surface area contributed by atoms with Gasteiger partial charge in [-0.1, -0.05) is 0 Å². The third kappa shape index (κ3) is 3.67. The van der Waals surface area contributed by atoms with E-state index in [1.807, 2.05) is 32.0 Å². The Hall–Kier alpha value is -1.42. The first-order chi connectivity index (χ1) is 7.11. The molecular formula is C11H17N3O. The largest absolute Gasteiger partial charge is 0.351 e. The molecule has 15 heavy (non-hydrogen) atoms. The van der Waals surface area contributed by atoms with Crippen LogP contribution in [0.25, 0.3) is 0 Å². The van der Waals surface area contributed by atoms with Crippen LogP contribution in [-0.2, 0) is 0 Å². The Labute approximate surface area is 90.3 Å². The molecule has 0 atom stereocenters. The van der Waals surface area contributed by atoms with Gasteiger partial charge in [-0.15, -0.1) is 0 Å². The lowest BCUT2D eigenvalue weighted by molar-refractivity contribution is 0.0950. The molecule has 4 nitrogen and oxygen atoms in total. The molecule has 0 radical (unpaired) electrons. The van der Waals surface area contributed by atoms with Gasteiger partial charge in [-0.25, -0.2) is 0 Å². The summed E-state index contributed by atoms with van der Waals surface area (Å²) in [5.74, 6) is -0.0533. The molecule has 0 bridgehead atoms. The molecule has 4 heteroatoms. The number of hydrogen-bond acceptors (Lipinski definition) is 3. The van der Waals surface area contributed by atoms with Gasteiger partial charge in [0.05, 0.1) is 5.56 Å². The molecule has 82 valence electrons. The predicted octanol–water partition coefficient (Wildman–Crippen LogP) is 0.681. The van der Waals surface area contributed by atoms with E-state index in [0.29, 0.717) is 12.1 Å². The molecule has 1 N–H and O–H groups in total. The van der Waals surface area contributed by atoms with Gasteiger partial charge in [0.1, 0.15) is 0 Å². The van der Waals surface area contributed by atoms with Gasteiger partial charge in [0, 0.05) is 25.5 Å². The lowest BCUT2D eigenvalue weighted by Crippen LogP contribution is -2.31. The standard InChI is InChI=1S/C11H17N3O/c1-9-4-5-12-8-10(9)11(15)13-6-7-14(2)3/h4-5,8H,6-7H2,1-3H3,(H,13,15). The van der Waals surface area contributed by atoms with E-state index in [1.165, 1.54) is 0 Å². The van der Waals surface area contributed by atoms with Gasteiger partial charge in [0.15, 0.2) is 0 Å². The van der Waals surface area contributed by atoms with Crippen molar-refractivity contribution >= 4 is 5.91 Å². The van der Waals surface area contributed by atoms with Crippen molar-refractivity contribution in [2.45, 2.75) is 6.92 Å². The zero-order valence-electron chi connectivity index (χ0n) is 9.45. The van der Waals surface area contributed by atoms with Crippen LogP contribution in [0.1, 0.15) is 15.9 Å². The zero-order valence-corrected chi connectivity index (χ0v) is 9.45. The molecule has 0 aromatic carbocycles. The second-order valence-corrected chi connectivity index (χ2v) is 3.75. The molecule has 0 unspecified atom stereocenters. The first kappa shape index (κ1) is 11.7. The minimum Gasteiger partial charge on any atom is -0.351 e. The van der Waals surface area contributed by atoms with Gasteiger partial charge in [0.2, 0.25) is 0 Å². The minimum atomic E-state index is -0.0533. The quantitative estimate of drug-likeness (QED) is 0.789. The van der Waals surface area contributed by atoms with Crippen LogP contribution < -0.4 is 5.32 Å². The maximum Gasteiger partial charge on any atom is 0.253 e. The van der Waals surface area contributed by atoms with E-state index in [2.05, 4.69) is 10.3 Å². The molecule has 1 rings (SSSR count). The van der Waals surface area contributed by atoms with Gasteiger partial charge in [0.25, 0.3) is 5.91 Å². The second kappa shape index (κ2) is 5.46. The topological polar surface area (TPSA) is 45.2 Å². The number of nitrogens with zero attached hydrogens (tertiary/aromatic N) is 2. The summed E-state index contributed by atoms with van der Waals surface area (Å²) in [5, 5.41) is 2.85. The average Bonchev–Trinajstić information content (AvgIpc) is 2.17. The number of likely N-dealkylation sites (N-methyl/N-ethyl adjacent to an activating group) is 1. The Morgan fingerprint density at radius 1 is 1.53 bits per heavy atom. The summed E-state index contributed by atoms with van der Waals surface area (Å²) in [5.41, 5.74) is 1.60. The van der Waals surface area contributed by atoms with Gasteiger partial charge in [-0.05, 0) is 32.6 Å². The Bertz CT molecular complexity index is 336. The highest BCUT2D eigenvalue weighted by Crippen LogP contribution is 2.03. The summed E-state index contributed by atoms with van der Waals surface area (Å²) in [7, 11) is 3.95. The Balaban J connectivity index is 2.51. The van der Waals surface area contributed by atoms with Gasteiger partial charge in [-0.2, -0.15) is 0 Å². The number of pyridine rings is 1. The highest BCUT2D eigenvalue weighted by molar-refractivity contribution is 5.95. The average molecular weight is 207 g/mol. The first-order valence-corrected chi connectivity index (χ1v) is 4.95. The van der Waals surface area contributed by atoms with Crippen LogP contribution >= 0.6 is 0 Å². The summed E-state index contributed by atoms with van der Waals surface area (Å²) in [6.45, 7) is 3.40. The van der Waals surface area contributed by atoms with Crippen LogP contribution in [0.4, 0.5) is 0 Å². The highest BCUT2D eigenvalue weighted by atomic mass is 16.1. The zero-order chi connectivity index (χ0) is 11.3. The van der Waals surface area contributed by atoms with Crippen molar-refractivity contribution < 1.29 is 4.79 Å². The van der Waals surface area contributed by atoms with Gasteiger partial charge >= 0.3 is 0 Å². The van der Waals surface area contributed by atoms with E-state index in [9.17, 15) is 4.79 Å². The third-order valence-corrected chi connectivity index (χ3v) is 2.13. The van der Waals surface area contributed by atoms with Crippen molar-refractivity contribution in [2.75, 3.05) is 27.2 Å². The fourth-order valence-corrected chi connectivity index (χ4v) is 1.19. The van der Waals surface area contributed by atoms with E-state index >= 15 is 0 Å². The number of hydrogen-bond donors (Lipinski definition) is 1. The normalized spacial score (nSPS) is 10.4. The molecular weight excluding hydrogens is 190 g/mol. The Kier molecular flexibility index (Phi) is 4.24. The van der Waals surface area contributed by atoms with Crippen molar-refractivity contribution in [2.24, 2.45) is 0 Å². The number of aryl methyl sites for hydroxylation is 1. The second-order valence-electron chi connectivity index (χ2n) is 3.75. The summed E-state index contributed by atoms with van der Waals surface area (Å²) in [6, 6.07) is 1.83. The van der Waals surface area contributed by atoms with E-state index < -0.39 is 0 Å². The van der Waals surface area contributed by atoms with Crippen LogP contribution in [0.15, 0.2) is 18.5 Å².